The molecular formula is C15H15ClN2O3S. The van der Waals surface area contributed by atoms with Gasteiger partial charge in [-0.2, -0.15) is 0 Å². The van der Waals surface area contributed by atoms with E-state index in [9.17, 15) is 9.59 Å². The average Bonchev–Trinajstić information content (AvgIpc) is 2.85. The predicted molar refractivity (Wildman–Crippen MR) is 85.3 cm³/mol. The fraction of sp³-hybridized carbons (Fsp3) is 0.267. The van der Waals surface area contributed by atoms with Crippen LogP contribution in [0.15, 0.2) is 30.3 Å². The van der Waals surface area contributed by atoms with Crippen molar-refractivity contribution >= 4 is 34.8 Å². The number of halogens is 1. The second-order valence-corrected chi connectivity index (χ2v) is 6.20. The number of esters is 1. The van der Waals surface area contributed by atoms with Crippen molar-refractivity contribution in [1.82, 2.24) is 10.3 Å². The summed E-state index contributed by atoms with van der Waals surface area (Å²) in [5, 5.41) is 2.68. The average molecular weight is 339 g/mol. The number of nitrogens with zero attached hydrogens (tertiary/aromatic N) is 1. The lowest BCUT2D eigenvalue weighted by Gasteiger charge is -2.16. The topological polar surface area (TPSA) is 68.3 Å². The highest BCUT2D eigenvalue weighted by Gasteiger charge is 2.24. The van der Waals surface area contributed by atoms with E-state index in [4.69, 9.17) is 16.3 Å². The highest BCUT2D eigenvalue weighted by atomic mass is 35.5. The first-order valence-electron chi connectivity index (χ1n) is 6.56. The van der Waals surface area contributed by atoms with E-state index in [1.165, 1.54) is 7.11 Å². The molecule has 0 saturated carbocycles. The molecule has 1 aromatic carbocycles. The van der Waals surface area contributed by atoms with Gasteiger partial charge in [0.2, 0.25) is 0 Å². The van der Waals surface area contributed by atoms with E-state index in [0.717, 1.165) is 16.9 Å². The third-order valence-electron chi connectivity index (χ3n) is 3.05. The number of methoxy groups -OCH3 is 1. The van der Waals surface area contributed by atoms with Crippen molar-refractivity contribution in [3.05, 3.63) is 50.9 Å². The molecule has 0 saturated heterocycles. The first-order valence-corrected chi connectivity index (χ1v) is 7.76. The Morgan fingerprint density at radius 3 is 2.59 bits per heavy atom. The van der Waals surface area contributed by atoms with Gasteiger partial charge in [0.05, 0.1) is 12.8 Å². The summed E-state index contributed by atoms with van der Waals surface area (Å²) >= 11 is 6.88. The zero-order chi connectivity index (χ0) is 16.1. The van der Waals surface area contributed by atoms with Crippen molar-refractivity contribution in [2.45, 2.75) is 19.4 Å². The van der Waals surface area contributed by atoms with Crippen molar-refractivity contribution in [1.29, 1.82) is 0 Å². The molecule has 0 unspecified atom stereocenters. The maximum atomic E-state index is 12.3. The Bertz CT molecular complexity index is 673. The van der Waals surface area contributed by atoms with E-state index < -0.39 is 12.0 Å². The van der Waals surface area contributed by atoms with Gasteiger partial charge in [-0.3, -0.25) is 4.79 Å². The van der Waals surface area contributed by atoms with Gasteiger partial charge in [0.25, 0.3) is 5.91 Å². The lowest BCUT2D eigenvalue weighted by atomic mass is 10.1. The van der Waals surface area contributed by atoms with Gasteiger partial charge in [0.15, 0.2) is 4.47 Å². The third kappa shape index (κ3) is 4.05. The maximum absolute atomic E-state index is 12.3. The Labute approximate surface area is 137 Å². The summed E-state index contributed by atoms with van der Waals surface area (Å²) in [6, 6.07) is 8.64. The van der Waals surface area contributed by atoms with E-state index in [1.807, 2.05) is 30.3 Å². The highest BCUT2D eigenvalue weighted by molar-refractivity contribution is 7.17. The quantitative estimate of drug-likeness (QED) is 0.851. The molecule has 0 aliphatic rings. The molecule has 7 heteroatoms. The van der Waals surface area contributed by atoms with Crippen LogP contribution >= 0.6 is 22.9 Å². The summed E-state index contributed by atoms with van der Waals surface area (Å²) in [5.74, 6) is -0.876. The fourth-order valence-corrected chi connectivity index (χ4v) is 3.04. The molecule has 116 valence electrons. The number of benzene rings is 1. The summed E-state index contributed by atoms with van der Waals surface area (Å²) in [6.07, 6.45) is 0.352. The van der Waals surface area contributed by atoms with E-state index >= 15 is 0 Å². The minimum absolute atomic E-state index is 0.292. The number of aryl methyl sites for hydroxylation is 1. The Kier molecular flexibility index (Phi) is 5.51. The number of nitrogens with one attached hydrogen (secondary N) is 1. The lowest BCUT2D eigenvalue weighted by molar-refractivity contribution is -0.142. The number of rotatable bonds is 5. The van der Waals surface area contributed by atoms with Crippen molar-refractivity contribution in [3.63, 3.8) is 0 Å². The molecule has 5 nitrogen and oxygen atoms in total. The monoisotopic (exact) mass is 338 g/mol. The third-order valence-corrected chi connectivity index (χ3v) is 4.31. The van der Waals surface area contributed by atoms with Crippen LogP contribution < -0.4 is 5.32 Å². The molecule has 2 aromatic rings. The number of ether oxygens (including phenoxy) is 1. The molecule has 2 rings (SSSR count). The van der Waals surface area contributed by atoms with Gasteiger partial charge in [-0.25, -0.2) is 9.78 Å². The first kappa shape index (κ1) is 16.5. The molecule has 0 fully saturated rings. The molecule has 0 radical (unpaired) electrons. The summed E-state index contributed by atoms with van der Waals surface area (Å²) in [6.45, 7) is 1.70. The van der Waals surface area contributed by atoms with Crippen molar-refractivity contribution in [3.8, 4) is 0 Å². The summed E-state index contributed by atoms with van der Waals surface area (Å²) in [4.78, 5) is 28.6. The number of aromatic nitrogens is 1. The number of amides is 1. The summed E-state index contributed by atoms with van der Waals surface area (Å²) in [5.41, 5.74) is 1.47. The Balaban J connectivity index is 2.14. The smallest absolute Gasteiger partial charge is 0.328 e. The van der Waals surface area contributed by atoms with Crippen molar-refractivity contribution in [2.24, 2.45) is 0 Å². The van der Waals surface area contributed by atoms with Crippen LogP contribution in [0.4, 0.5) is 0 Å². The largest absolute Gasteiger partial charge is 0.467 e. The molecule has 22 heavy (non-hydrogen) atoms. The zero-order valence-corrected chi connectivity index (χ0v) is 13.7. The predicted octanol–water partition coefficient (Wildman–Crippen LogP) is 2.62. The van der Waals surface area contributed by atoms with Gasteiger partial charge in [-0.15, -0.1) is 0 Å². The molecule has 0 aliphatic carbocycles. The molecule has 0 spiro atoms. The number of carbonyl (C=O) groups is 2. The number of carbonyl (C=O) groups excluding carboxylic acids is 2. The van der Waals surface area contributed by atoms with E-state index in [1.54, 1.807) is 6.92 Å². The van der Waals surface area contributed by atoms with E-state index in [-0.39, 0.29) is 5.91 Å². The Morgan fingerprint density at radius 2 is 2.05 bits per heavy atom. The number of hydrogen-bond donors (Lipinski definition) is 1. The normalized spacial score (nSPS) is 11.8. The Hall–Kier alpha value is -1.92. The van der Waals surface area contributed by atoms with Crippen LogP contribution in [0.3, 0.4) is 0 Å². The molecule has 1 N–H and O–H groups in total. The SMILES string of the molecule is COC(=O)[C@H](Cc1ccccc1)NC(=O)c1sc(Cl)nc1C. The molecule has 1 heterocycles. The number of thiazole rings is 1. The summed E-state index contributed by atoms with van der Waals surface area (Å²) in [7, 11) is 1.29. The minimum Gasteiger partial charge on any atom is -0.467 e. The van der Waals surface area contributed by atoms with Gasteiger partial charge in [0.1, 0.15) is 10.9 Å². The second kappa shape index (κ2) is 7.38. The van der Waals surface area contributed by atoms with Crippen LogP contribution in [0.1, 0.15) is 20.9 Å². The molecule has 0 bridgehead atoms. The first-order chi connectivity index (χ1) is 10.5. The van der Waals surface area contributed by atoms with Crippen LogP contribution in [0.5, 0.6) is 0 Å². The van der Waals surface area contributed by atoms with Gasteiger partial charge in [0, 0.05) is 6.42 Å². The standard InChI is InChI=1S/C15H15ClN2O3S/c1-9-12(22-15(16)17-9)13(19)18-11(14(20)21-2)8-10-6-4-3-5-7-10/h3-7,11H,8H2,1-2H3,(H,18,19)/t11-/m0/s1. The lowest BCUT2D eigenvalue weighted by Crippen LogP contribution is -2.43. The van der Waals surface area contributed by atoms with Gasteiger partial charge in [-0.05, 0) is 12.5 Å². The minimum atomic E-state index is -0.764. The van der Waals surface area contributed by atoms with Crippen LogP contribution in [-0.4, -0.2) is 30.0 Å². The van der Waals surface area contributed by atoms with Crippen molar-refractivity contribution in [2.75, 3.05) is 7.11 Å². The highest BCUT2D eigenvalue weighted by Crippen LogP contribution is 2.22. The second-order valence-electron chi connectivity index (χ2n) is 4.62. The van der Waals surface area contributed by atoms with E-state index in [2.05, 4.69) is 10.3 Å². The number of hydrogen-bond acceptors (Lipinski definition) is 5. The molecule has 1 atom stereocenters. The van der Waals surface area contributed by atoms with Crippen molar-refractivity contribution < 1.29 is 14.3 Å². The molecule has 1 amide bonds. The van der Waals surface area contributed by atoms with Gasteiger partial charge in [-0.1, -0.05) is 53.3 Å². The van der Waals surface area contributed by atoms with Crippen LogP contribution in [0, 0.1) is 6.92 Å². The summed E-state index contributed by atoms with van der Waals surface area (Å²) < 4.78 is 5.06. The van der Waals surface area contributed by atoms with Crippen LogP contribution in [-0.2, 0) is 16.0 Å². The fourth-order valence-electron chi connectivity index (χ4n) is 1.98. The van der Waals surface area contributed by atoms with Gasteiger partial charge < -0.3 is 10.1 Å². The molecule has 1 aromatic heterocycles. The van der Waals surface area contributed by atoms with E-state index in [0.29, 0.717) is 21.5 Å². The van der Waals surface area contributed by atoms with Crippen LogP contribution in [0.2, 0.25) is 4.47 Å². The molecule has 0 aliphatic heterocycles. The van der Waals surface area contributed by atoms with Gasteiger partial charge >= 0.3 is 5.97 Å². The Morgan fingerprint density at radius 1 is 1.36 bits per heavy atom. The van der Waals surface area contributed by atoms with Crippen LogP contribution in [0.25, 0.3) is 0 Å². The zero-order valence-electron chi connectivity index (χ0n) is 12.1. The maximum Gasteiger partial charge on any atom is 0.328 e. The molecular weight excluding hydrogens is 324 g/mol.